The molecule has 0 saturated heterocycles. The van der Waals surface area contributed by atoms with Crippen LogP contribution in [0.3, 0.4) is 0 Å². The number of carbonyl (C=O) groups excluding carboxylic acids is 1. The molecule has 2 N–H and O–H groups in total. The number of halogens is 1. The average molecular weight is 338 g/mol. The number of carbonyl (C=O) groups is 1. The van der Waals surface area contributed by atoms with Crippen LogP contribution < -0.4 is 15.2 Å². The Morgan fingerprint density at radius 2 is 1.83 bits per heavy atom. The van der Waals surface area contributed by atoms with Crippen molar-refractivity contribution in [3.63, 3.8) is 0 Å². The van der Waals surface area contributed by atoms with E-state index in [4.69, 9.17) is 15.2 Å². The highest BCUT2D eigenvalue weighted by Crippen LogP contribution is 2.16. The van der Waals surface area contributed by atoms with E-state index >= 15 is 0 Å². The van der Waals surface area contributed by atoms with Gasteiger partial charge in [0.1, 0.15) is 23.8 Å². The van der Waals surface area contributed by atoms with Gasteiger partial charge < -0.3 is 20.1 Å². The number of benzene rings is 1. The van der Waals surface area contributed by atoms with Gasteiger partial charge in [0.2, 0.25) is 0 Å². The summed E-state index contributed by atoms with van der Waals surface area (Å²) in [4.78, 5) is 17.7. The molecule has 2 rings (SSSR count). The van der Waals surface area contributed by atoms with Crippen LogP contribution in [0.4, 0.5) is 5.69 Å². The highest BCUT2D eigenvalue weighted by molar-refractivity contribution is 5.92. The number of aromatic nitrogens is 1. The fourth-order valence-corrected chi connectivity index (χ4v) is 1.80. The van der Waals surface area contributed by atoms with Gasteiger partial charge in [-0.3, -0.25) is 4.79 Å². The summed E-state index contributed by atoms with van der Waals surface area (Å²) in [5, 5.41) is 0. The third-order valence-electron chi connectivity index (χ3n) is 3.11. The number of hydrogen-bond acceptors (Lipinski definition) is 5. The molecule has 7 heteroatoms. The van der Waals surface area contributed by atoms with Gasteiger partial charge in [0.25, 0.3) is 5.91 Å². The molecule has 6 nitrogen and oxygen atoms in total. The summed E-state index contributed by atoms with van der Waals surface area (Å²) in [5.74, 6) is 1.33. The lowest BCUT2D eigenvalue weighted by Crippen LogP contribution is -2.31. The van der Waals surface area contributed by atoms with Crippen molar-refractivity contribution in [2.24, 2.45) is 0 Å². The third kappa shape index (κ3) is 5.34. The summed E-state index contributed by atoms with van der Waals surface area (Å²) in [5.41, 5.74) is 6.44. The molecule has 0 aliphatic rings. The smallest absolute Gasteiger partial charge is 0.272 e. The number of nitrogens with zero attached hydrogens (tertiary/aromatic N) is 2. The van der Waals surface area contributed by atoms with Crippen molar-refractivity contribution < 1.29 is 14.3 Å². The van der Waals surface area contributed by atoms with Crippen molar-refractivity contribution in [2.75, 3.05) is 33.0 Å². The van der Waals surface area contributed by atoms with Crippen molar-refractivity contribution in [1.82, 2.24) is 9.88 Å². The second-order valence-corrected chi connectivity index (χ2v) is 4.73. The Labute approximate surface area is 141 Å². The zero-order valence-corrected chi connectivity index (χ0v) is 13.9. The second kappa shape index (κ2) is 8.85. The van der Waals surface area contributed by atoms with Gasteiger partial charge in [-0.15, -0.1) is 12.4 Å². The number of rotatable bonds is 6. The lowest BCUT2D eigenvalue weighted by molar-refractivity contribution is 0.0768. The number of amides is 1. The maximum Gasteiger partial charge on any atom is 0.272 e. The van der Waals surface area contributed by atoms with Crippen molar-refractivity contribution in [3.8, 4) is 11.5 Å². The summed E-state index contributed by atoms with van der Waals surface area (Å²) < 4.78 is 10.7. The molecule has 1 aromatic carbocycles. The number of anilines is 1. The minimum atomic E-state index is -0.168. The van der Waals surface area contributed by atoms with Crippen LogP contribution in [0.25, 0.3) is 0 Å². The lowest BCUT2D eigenvalue weighted by atomic mass is 10.3. The molecular weight excluding hydrogens is 318 g/mol. The molecule has 0 bridgehead atoms. The average Bonchev–Trinajstić information content (AvgIpc) is 2.55. The topological polar surface area (TPSA) is 77.7 Å². The van der Waals surface area contributed by atoms with Gasteiger partial charge in [-0.2, -0.15) is 0 Å². The summed E-state index contributed by atoms with van der Waals surface area (Å²) in [6.45, 7) is 0.848. The zero-order valence-electron chi connectivity index (χ0n) is 13.1. The van der Waals surface area contributed by atoms with Crippen molar-refractivity contribution in [2.45, 2.75) is 0 Å². The van der Waals surface area contributed by atoms with Crippen molar-refractivity contribution in [1.29, 1.82) is 0 Å². The number of likely N-dealkylation sites (N-methyl/N-ethyl adjacent to an activating group) is 1. The highest BCUT2D eigenvalue weighted by atomic mass is 35.5. The van der Waals surface area contributed by atoms with Crippen LogP contribution in [0.2, 0.25) is 0 Å². The Morgan fingerprint density at radius 3 is 2.39 bits per heavy atom. The summed E-state index contributed by atoms with van der Waals surface area (Å²) in [6, 6.07) is 10.6. The standard InChI is InChI=1S/C16H19N3O3.ClH/c1-19(16(20)15-8-3-12(17)11-18-15)9-10-22-14-6-4-13(21-2)5-7-14;/h3-8,11H,9-10,17H2,1-2H3;1H. The van der Waals surface area contributed by atoms with Gasteiger partial charge in [0, 0.05) is 7.05 Å². The maximum atomic E-state index is 12.1. The Morgan fingerprint density at radius 1 is 1.17 bits per heavy atom. The Kier molecular flexibility index (Phi) is 7.15. The predicted octanol–water partition coefficient (Wildman–Crippen LogP) is 2.25. The van der Waals surface area contributed by atoms with E-state index in [0.29, 0.717) is 24.5 Å². The summed E-state index contributed by atoms with van der Waals surface area (Å²) in [6.07, 6.45) is 1.47. The minimum absolute atomic E-state index is 0. The third-order valence-corrected chi connectivity index (χ3v) is 3.11. The molecular formula is C16H20ClN3O3. The molecule has 0 atom stereocenters. The van der Waals surface area contributed by atoms with Gasteiger partial charge in [0.15, 0.2) is 0 Å². The van der Waals surface area contributed by atoms with Crippen LogP contribution in [0.1, 0.15) is 10.5 Å². The van der Waals surface area contributed by atoms with Gasteiger partial charge in [-0.25, -0.2) is 4.98 Å². The molecule has 0 unspecified atom stereocenters. The highest BCUT2D eigenvalue weighted by Gasteiger charge is 2.12. The van der Waals surface area contributed by atoms with Crippen molar-refractivity contribution in [3.05, 3.63) is 48.3 Å². The largest absolute Gasteiger partial charge is 0.497 e. The first-order chi connectivity index (χ1) is 10.6. The van der Waals surface area contributed by atoms with Gasteiger partial charge in [-0.05, 0) is 36.4 Å². The maximum absolute atomic E-state index is 12.1. The van der Waals surface area contributed by atoms with Crippen LogP contribution in [-0.4, -0.2) is 43.1 Å². The SMILES string of the molecule is COc1ccc(OCCN(C)C(=O)c2ccc(N)cn2)cc1.Cl. The molecule has 1 aromatic heterocycles. The van der Waals surface area contributed by atoms with Crippen LogP contribution >= 0.6 is 12.4 Å². The number of nitrogen functional groups attached to an aromatic ring is 1. The first kappa shape index (κ1) is 18.6. The number of nitrogens with two attached hydrogens (primary N) is 1. The first-order valence-corrected chi connectivity index (χ1v) is 6.84. The van der Waals surface area contributed by atoms with Crippen LogP contribution in [0.15, 0.2) is 42.6 Å². The molecule has 0 saturated carbocycles. The minimum Gasteiger partial charge on any atom is -0.497 e. The lowest BCUT2D eigenvalue weighted by Gasteiger charge is -2.17. The summed E-state index contributed by atoms with van der Waals surface area (Å²) >= 11 is 0. The van der Waals surface area contributed by atoms with Gasteiger partial charge >= 0.3 is 0 Å². The van der Waals surface area contributed by atoms with E-state index < -0.39 is 0 Å². The van der Waals surface area contributed by atoms with E-state index in [1.54, 1.807) is 31.2 Å². The van der Waals surface area contributed by atoms with Gasteiger partial charge in [0.05, 0.1) is 25.5 Å². The second-order valence-electron chi connectivity index (χ2n) is 4.73. The van der Waals surface area contributed by atoms with E-state index in [9.17, 15) is 4.79 Å². The monoisotopic (exact) mass is 337 g/mol. The number of ether oxygens (including phenoxy) is 2. The predicted molar refractivity (Wildman–Crippen MR) is 91.3 cm³/mol. The first-order valence-electron chi connectivity index (χ1n) is 6.84. The fourth-order valence-electron chi connectivity index (χ4n) is 1.80. The van der Waals surface area contributed by atoms with Crippen LogP contribution in [0.5, 0.6) is 11.5 Å². The molecule has 0 spiro atoms. The summed E-state index contributed by atoms with van der Waals surface area (Å²) in [7, 11) is 3.32. The molecule has 0 radical (unpaired) electrons. The van der Waals surface area contributed by atoms with Crippen LogP contribution in [0, 0.1) is 0 Å². The quantitative estimate of drug-likeness (QED) is 0.874. The zero-order chi connectivity index (χ0) is 15.9. The molecule has 0 fully saturated rings. The van der Waals surface area contributed by atoms with Crippen LogP contribution in [-0.2, 0) is 0 Å². The molecule has 0 aliphatic carbocycles. The van der Waals surface area contributed by atoms with E-state index in [0.717, 1.165) is 11.5 Å². The van der Waals surface area contributed by atoms with E-state index in [1.165, 1.54) is 6.20 Å². The molecule has 0 aliphatic heterocycles. The number of pyridine rings is 1. The van der Waals surface area contributed by atoms with E-state index in [1.807, 2.05) is 24.3 Å². The molecule has 1 heterocycles. The number of hydrogen-bond donors (Lipinski definition) is 1. The van der Waals surface area contributed by atoms with E-state index in [2.05, 4.69) is 4.98 Å². The molecule has 23 heavy (non-hydrogen) atoms. The van der Waals surface area contributed by atoms with Crippen molar-refractivity contribution >= 4 is 24.0 Å². The molecule has 1 amide bonds. The molecule has 2 aromatic rings. The fraction of sp³-hybridized carbons (Fsp3) is 0.250. The Bertz CT molecular complexity index is 617. The Hall–Kier alpha value is -2.47. The van der Waals surface area contributed by atoms with Gasteiger partial charge in [-0.1, -0.05) is 0 Å². The number of methoxy groups -OCH3 is 1. The van der Waals surface area contributed by atoms with E-state index in [-0.39, 0.29) is 18.3 Å². The Balaban J connectivity index is 0.00000264. The molecule has 124 valence electrons. The normalized spacial score (nSPS) is 9.65.